The Bertz CT molecular complexity index is 1230. The van der Waals surface area contributed by atoms with Crippen molar-refractivity contribution in [1.29, 1.82) is 5.41 Å². The minimum atomic E-state index is -0.512. The summed E-state index contributed by atoms with van der Waals surface area (Å²) in [6, 6.07) is 13.8. The Hall–Kier alpha value is -3.61. The van der Waals surface area contributed by atoms with Gasteiger partial charge in [0.1, 0.15) is 5.84 Å². The molecule has 7 heteroatoms. The summed E-state index contributed by atoms with van der Waals surface area (Å²) in [4.78, 5) is 28.9. The lowest BCUT2D eigenvalue weighted by Gasteiger charge is -2.37. The Balaban J connectivity index is 1.72. The lowest BCUT2D eigenvalue weighted by Crippen LogP contribution is -2.36. The van der Waals surface area contributed by atoms with Crippen LogP contribution in [-0.2, 0) is 6.42 Å². The number of nitrogens with one attached hydrogen (secondary N) is 4. The molecule has 5 rings (SSSR count). The molecule has 3 atom stereocenters. The van der Waals surface area contributed by atoms with Crippen molar-refractivity contribution in [3.8, 4) is 0 Å². The van der Waals surface area contributed by atoms with E-state index in [-0.39, 0.29) is 29.3 Å². The van der Waals surface area contributed by atoms with Gasteiger partial charge in [0, 0.05) is 23.4 Å². The molecule has 0 fully saturated rings. The van der Waals surface area contributed by atoms with Gasteiger partial charge in [0.05, 0.1) is 11.6 Å². The van der Waals surface area contributed by atoms with Crippen molar-refractivity contribution in [2.45, 2.75) is 18.4 Å². The number of aromatic amines is 2. The average molecular weight is 373 g/mol. The summed E-state index contributed by atoms with van der Waals surface area (Å²) < 4.78 is 0. The van der Waals surface area contributed by atoms with Gasteiger partial charge >= 0.3 is 5.69 Å². The zero-order chi connectivity index (χ0) is 19.4. The summed E-state index contributed by atoms with van der Waals surface area (Å²) in [7, 11) is 0. The third-order valence-corrected chi connectivity index (χ3v) is 5.89. The van der Waals surface area contributed by atoms with E-state index in [1.54, 1.807) is 0 Å². The smallest absolute Gasteiger partial charge is 0.325 e. The molecule has 2 aliphatic rings. The number of nitrogen functional groups attached to an aromatic ring is 1. The van der Waals surface area contributed by atoms with Crippen molar-refractivity contribution in [3.63, 3.8) is 0 Å². The van der Waals surface area contributed by atoms with E-state index in [0.717, 1.165) is 17.7 Å². The summed E-state index contributed by atoms with van der Waals surface area (Å²) in [6.45, 7) is 0. The molecule has 1 aromatic heterocycles. The molecule has 28 heavy (non-hydrogen) atoms. The Morgan fingerprint density at radius 1 is 1.07 bits per heavy atom. The third-order valence-electron chi connectivity index (χ3n) is 5.89. The van der Waals surface area contributed by atoms with Crippen molar-refractivity contribution >= 4 is 11.5 Å². The van der Waals surface area contributed by atoms with Gasteiger partial charge in [0.2, 0.25) is 0 Å². The molecule has 0 saturated heterocycles. The van der Waals surface area contributed by atoms with Crippen LogP contribution >= 0.6 is 0 Å². The second kappa shape index (κ2) is 5.95. The van der Waals surface area contributed by atoms with Gasteiger partial charge < -0.3 is 16.0 Å². The summed E-state index contributed by atoms with van der Waals surface area (Å²) in [5.41, 5.74) is 10.5. The predicted octanol–water partition coefficient (Wildman–Crippen LogP) is 1.82. The van der Waals surface area contributed by atoms with Crippen molar-refractivity contribution in [2.75, 3.05) is 5.32 Å². The molecule has 7 nitrogen and oxygen atoms in total. The zero-order valence-corrected chi connectivity index (χ0v) is 15.0. The minimum absolute atomic E-state index is 0.0323. The maximum Gasteiger partial charge on any atom is 0.325 e. The first-order valence-electron chi connectivity index (χ1n) is 9.17. The number of hydrogen-bond donors (Lipinski definition) is 5. The van der Waals surface area contributed by atoms with Gasteiger partial charge in [0.25, 0.3) is 5.56 Å². The van der Waals surface area contributed by atoms with Crippen LogP contribution in [0.3, 0.4) is 0 Å². The van der Waals surface area contributed by atoms with Gasteiger partial charge in [-0.05, 0) is 47.2 Å². The molecule has 2 heterocycles. The van der Waals surface area contributed by atoms with Crippen LogP contribution in [0.5, 0.6) is 0 Å². The second-order valence-corrected chi connectivity index (χ2v) is 7.41. The largest absolute Gasteiger partial charge is 0.384 e. The van der Waals surface area contributed by atoms with E-state index < -0.39 is 5.69 Å². The maximum atomic E-state index is 12.5. The number of anilines is 1. The molecular formula is C21H19N5O2. The number of nitrogens with two attached hydrogens (primary N) is 1. The fourth-order valence-corrected chi connectivity index (χ4v) is 4.69. The van der Waals surface area contributed by atoms with Crippen LogP contribution in [0.15, 0.2) is 58.3 Å². The van der Waals surface area contributed by atoms with Crippen LogP contribution in [0.1, 0.15) is 39.8 Å². The van der Waals surface area contributed by atoms with Crippen molar-refractivity contribution in [2.24, 2.45) is 11.7 Å². The summed E-state index contributed by atoms with van der Waals surface area (Å²) >= 11 is 0. The minimum Gasteiger partial charge on any atom is -0.384 e. The number of fused-ring (bicyclic) bond motifs is 5. The van der Waals surface area contributed by atoms with Gasteiger partial charge in [0.15, 0.2) is 0 Å². The molecular weight excluding hydrogens is 354 g/mol. The highest BCUT2D eigenvalue weighted by Gasteiger charge is 2.44. The first kappa shape index (κ1) is 16.6. The maximum absolute atomic E-state index is 12.5. The number of benzene rings is 2. The molecule has 0 amide bonds. The molecule has 2 aromatic carbocycles. The van der Waals surface area contributed by atoms with Crippen LogP contribution in [0.2, 0.25) is 0 Å². The highest BCUT2D eigenvalue weighted by molar-refractivity contribution is 5.95. The Kier molecular flexibility index (Phi) is 3.52. The first-order valence-corrected chi connectivity index (χ1v) is 9.17. The molecule has 0 radical (unpaired) electrons. The van der Waals surface area contributed by atoms with E-state index >= 15 is 0 Å². The number of aromatic nitrogens is 2. The normalized spacial score (nSPS) is 21.9. The lowest BCUT2D eigenvalue weighted by molar-refractivity contribution is 0.417. The number of amidine groups is 1. The fraction of sp³-hybridized carbons (Fsp3) is 0.190. The summed E-state index contributed by atoms with van der Waals surface area (Å²) in [6.07, 6.45) is 2.33. The van der Waals surface area contributed by atoms with Crippen molar-refractivity contribution < 1.29 is 0 Å². The standard InChI is InChI=1S/C21H19N5O2/c22-19(23)11-5-6-16-13(8-11)17-12-4-2-1-3-10(12)7-14(17)18(25-16)15-9-24-21(28)26-20(15)27/h1-6,8-9,14,17-18,25H,7H2,(H3,22,23)(H2,24,26,27,28). The van der Waals surface area contributed by atoms with Crippen LogP contribution in [0, 0.1) is 11.3 Å². The Morgan fingerprint density at radius 3 is 2.68 bits per heavy atom. The highest BCUT2D eigenvalue weighted by atomic mass is 16.2. The molecule has 1 aliphatic carbocycles. The van der Waals surface area contributed by atoms with Crippen LogP contribution < -0.4 is 22.3 Å². The lowest BCUT2D eigenvalue weighted by atomic mass is 9.75. The Morgan fingerprint density at radius 2 is 1.89 bits per heavy atom. The molecule has 6 N–H and O–H groups in total. The van der Waals surface area contributed by atoms with Gasteiger partial charge in [-0.2, -0.15) is 0 Å². The van der Waals surface area contributed by atoms with Crippen LogP contribution in [-0.4, -0.2) is 15.8 Å². The monoisotopic (exact) mass is 373 g/mol. The summed E-state index contributed by atoms with van der Waals surface area (Å²) in [5, 5.41) is 11.3. The second-order valence-electron chi connectivity index (χ2n) is 7.41. The van der Waals surface area contributed by atoms with E-state index in [1.165, 1.54) is 17.3 Å². The highest BCUT2D eigenvalue weighted by Crippen LogP contribution is 2.53. The molecule has 3 aromatic rings. The van der Waals surface area contributed by atoms with Gasteiger partial charge in [-0.15, -0.1) is 0 Å². The van der Waals surface area contributed by atoms with Crippen LogP contribution in [0.4, 0.5) is 5.69 Å². The predicted molar refractivity (Wildman–Crippen MR) is 107 cm³/mol. The third kappa shape index (κ3) is 2.40. The van der Waals surface area contributed by atoms with Gasteiger partial charge in [-0.25, -0.2) is 4.79 Å². The van der Waals surface area contributed by atoms with E-state index in [4.69, 9.17) is 11.1 Å². The van der Waals surface area contributed by atoms with E-state index in [0.29, 0.717) is 11.1 Å². The average Bonchev–Trinajstić information content (AvgIpc) is 3.07. The molecule has 0 bridgehead atoms. The zero-order valence-electron chi connectivity index (χ0n) is 15.0. The van der Waals surface area contributed by atoms with Crippen molar-refractivity contribution in [1.82, 2.24) is 9.97 Å². The quantitative estimate of drug-likeness (QED) is 0.347. The number of H-pyrrole nitrogens is 2. The van der Waals surface area contributed by atoms with E-state index in [2.05, 4.69) is 27.4 Å². The summed E-state index contributed by atoms with van der Waals surface area (Å²) in [5.74, 6) is 0.229. The Labute approximate surface area is 160 Å². The van der Waals surface area contributed by atoms with Crippen molar-refractivity contribution in [3.05, 3.63) is 97.3 Å². The van der Waals surface area contributed by atoms with E-state index in [9.17, 15) is 9.59 Å². The van der Waals surface area contributed by atoms with Gasteiger partial charge in [-0.1, -0.05) is 24.3 Å². The van der Waals surface area contributed by atoms with Crippen LogP contribution in [0.25, 0.3) is 0 Å². The van der Waals surface area contributed by atoms with E-state index in [1.807, 2.05) is 30.3 Å². The first-order chi connectivity index (χ1) is 13.5. The van der Waals surface area contributed by atoms with Gasteiger partial charge in [-0.3, -0.25) is 15.2 Å². The number of hydrogen-bond acceptors (Lipinski definition) is 4. The topological polar surface area (TPSA) is 128 Å². The fourth-order valence-electron chi connectivity index (χ4n) is 4.69. The molecule has 0 spiro atoms. The molecule has 1 aliphatic heterocycles. The SMILES string of the molecule is N=C(N)c1ccc2c(c1)C1c3ccccc3CC1C(c1c[nH]c(=O)[nH]c1=O)N2. The number of rotatable bonds is 2. The molecule has 140 valence electrons. The molecule has 3 unspecified atom stereocenters. The molecule has 0 saturated carbocycles.